The van der Waals surface area contributed by atoms with Crippen LogP contribution in [0.3, 0.4) is 0 Å². The van der Waals surface area contributed by atoms with E-state index in [1.165, 1.54) is 0 Å². The van der Waals surface area contributed by atoms with Gasteiger partial charge >= 0.3 is 0 Å². The Kier molecular flexibility index (Phi) is 14.5. The minimum atomic E-state index is -0.561. The Balaban J connectivity index is 0.00000576. The first-order valence-corrected chi connectivity index (χ1v) is 9.19. The second-order valence-electron chi connectivity index (χ2n) is 6.81. The van der Waals surface area contributed by atoms with Crippen LogP contribution >= 0.6 is 24.0 Å². The average molecular weight is 468 g/mol. The number of aliphatic hydroxyl groups excluding tert-OH is 1. The van der Waals surface area contributed by atoms with Gasteiger partial charge in [0.1, 0.15) is 0 Å². The molecular formula is C18H37IN4O2. The Labute approximate surface area is 170 Å². The van der Waals surface area contributed by atoms with E-state index in [1.54, 1.807) is 0 Å². The monoisotopic (exact) mass is 468 g/mol. The molecule has 0 radical (unpaired) electrons. The first-order chi connectivity index (χ1) is 11.5. The molecule has 0 aromatic heterocycles. The van der Waals surface area contributed by atoms with E-state index in [0.717, 1.165) is 45.0 Å². The summed E-state index contributed by atoms with van der Waals surface area (Å²) in [5.41, 5.74) is 0. The van der Waals surface area contributed by atoms with Gasteiger partial charge in [0.2, 0.25) is 0 Å². The minimum absolute atomic E-state index is 0. The number of nitrogens with one attached hydrogen (secondary N) is 2. The standard InChI is InChI=1S/C18H36N4O2.HI/c1-5-9-22-10-7-16(8-11-22)21-18(19-6-2)20-12-17(23)14-24-13-15(3)4;/h5,15-17,23H,1,6-14H2,2-4H3,(H2,19,20,21);1H. The van der Waals surface area contributed by atoms with Crippen LogP contribution in [-0.2, 0) is 4.74 Å². The number of rotatable bonds is 10. The van der Waals surface area contributed by atoms with Crippen LogP contribution in [0.2, 0.25) is 0 Å². The van der Waals surface area contributed by atoms with Gasteiger partial charge in [0.05, 0.1) is 19.3 Å². The Morgan fingerprint density at radius 3 is 2.60 bits per heavy atom. The topological polar surface area (TPSA) is 69.1 Å². The molecule has 0 bridgehead atoms. The van der Waals surface area contributed by atoms with E-state index in [1.807, 2.05) is 13.0 Å². The van der Waals surface area contributed by atoms with Crippen molar-refractivity contribution in [1.82, 2.24) is 15.5 Å². The molecule has 7 heteroatoms. The molecule has 1 rings (SSSR count). The van der Waals surface area contributed by atoms with Crippen molar-refractivity contribution < 1.29 is 9.84 Å². The molecule has 3 N–H and O–H groups in total. The third-order valence-electron chi connectivity index (χ3n) is 3.88. The van der Waals surface area contributed by atoms with Gasteiger partial charge in [-0.05, 0) is 25.7 Å². The quantitative estimate of drug-likeness (QED) is 0.198. The first-order valence-electron chi connectivity index (χ1n) is 9.19. The average Bonchev–Trinajstić information content (AvgIpc) is 2.54. The summed E-state index contributed by atoms with van der Waals surface area (Å²) in [5, 5.41) is 16.7. The smallest absolute Gasteiger partial charge is 0.191 e. The number of ether oxygens (including phenoxy) is 1. The zero-order valence-corrected chi connectivity index (χ0v) is 18.4. The highest BCUT2D eigenvalue weighted by molar-refractivity contribution is 14.0. The van der Waals surface area contributed by atoms with Gasteiger partial charge in [-0.2, -0.15) is 0 Å². The van der Waals surface area contributed by atoms with Gasteiger partial charge in [0, 0.05) is 38.8 Å². The maximum atomic E-state index is 9.98. The van der Waals surface area contributed by atoms with Crippen LogP contribution in [0.1, 0.15) is 33.6 Å². The van der Waals surface area contributed by atoms with Gasteiger partial charge in [-0.1, -0.05) is 19.9 Å². The van der Waals surface area contributed by atoms with E-state index < -0.39 is 6.10 Å². The Morgan fingerprint density at radius 1 is 1.36 bits per heavy atom. The van der Waals surface area contributed by atoms with Crippen molar-refractivity contribution in [2.75, 3.05) is 45.9 Å². The van der Waals surface area contributed by atoms with Crippen LogP contribution in [0.5, 0.6) is 0 Å². The molecule has 0 aromatic rings. The third-order valence-corrected chi connectivity index (χ3v) is 3.88. The summed E-state index contributed by atoms with van der Waals surface area (Å²) in [4.78, 5) is 6.90. The Hall–Kier alpha value is -0.380. The van der Waals surface area contributed by atoms with Crippen LogP contribution in [0.4, 0.5) is 0 Å². The molecule has 1 fully saturated rings. The lowest BCUT2D eigenvalue weighted by Gasteiger charge is -2.32. The van der Waals surface area contributed by atoms with Crippen molar-refractivity contribution in [2.45, 2.75) is 45.8 Å². The fourth-order valence-corrected chi connectivity index (χ4v) is 2.64. The number of hydrogen-bond acceptors (Lipinski definition) is 4. The summed E-state index contributed by atoms with van der Waals surface area (Å²) in [7, 11) is 0. The van der Waals surface area contributed by atoms with Crippen molar-refractivity contribution in [3.05, 3.63) is 12.7 Å². The van der Waals surface area contributed by atoms with E-state index in [9.17, 15) is 5.11 Å². The third kappa shape index (κ3) is 11.8. The van der Waals surface area contributed by atoms with Crippen LogP contribution in [0.15, 0.2) is 17.6 Å². The van der Waals surface area contributed by atoms with Gasteiger partial charge in [0.15, 0.2) is 5.96 Å². The van der Waals surface area contributed by atoms with Crippen LogP contribution in [0.25, 0.3) is 0 Å². The molecule has 0 spiro atoms. The lowest BCUT2D eigenvalue weighted by molar-refractivity contribution is 0.0301. The number of hydrogen-bond donors (Lipinski definition) is 3. The molecule has 0 amide bonds. The summed E-state index contributed by atoms with van der Waals surface area (Å²) in [6.45, 7) is 15.3. The summed E-state index contributed by atoms with van der Waals surface area (Å²) in [6, 6.07) is 0.429. The molecule has 1 unspecified atom stereocenters. The number of piperidine rings is 1. The van der Waals surface area contributed by atoms with Crippen molar-refractivity contribution in [3.63, 3.8) is 0 Å². The number of nitrogens with zero attached hydrogens (tertiary/aromatic N) is 2. The zero-order valence-electron chi connectivity index (χ0n) is 16.0. The number of aliphatic imine (C=N–C) groups is 1. The number of aliphatic hydroxyl groups is 1. The van der Waals surface area contributed by atoms with Gasteiger partial charge in [0.25, 0.3) is 0 Å². The molecule has 6 nitrogen and oxygen atoms in total. The van der Waals surface area contributed by atoms with Gasteiger partial charge in [-0.15, -0.1) is 30.6 Å². The fourth-order valence-electron chi connectivity index (χ4n) is 2.64. The second kappa shape index (κ2) is 14.8. The normalized spacial score (nSPS) is 17.9. The lowest BCUT2D eigenvalue weighted by Crippen LogP contribution is -2.49. The molecule has 0 saturated carbocycles. The van der Waals surface area contributed by atoms with Gasteiger partial charge in [-0.25, -0.2) is 0 Å². The molecule has 1 aliphatic rings. The SMILES string of the molecule is C=CCN1CCC(NC(=NCC(O)COCC(C)C)NCC)CC1.I. The summed E-state index contributed by atoms with van der Waals surface area (Å²) >= 11 is 0. The molecule has 148 valence electrons. The molecule has 25 heavy (non-hydrogen) atoms. The van der Waals surface area contributed by atoms with Crippen molar-refractivity contribution in [3.8, 4) is 0 Å². The number of halogens is 1. The second-order valence-corrected chi connectivity index (χ2v) is 6.81. The highest BCUT2D eigenvalue weighted by Crippen LogP contribution is 2.09. The molecule has 1 aliphatic heterocycles. The first kappa shape index (κ1) is 24.6. The van der Waals surface area contributed by atoms with Crippen LogP contribution in [0, 0.1) is 5.92 Å². The molecule has 1 atom stereocenters. The van der Waals surface area contributed by atoms with E-state index in [0.29, 0.717) is 31.7 Å². The Morgan fingerprint density at radius 2 is 2.04 bits per heavy atom. The highest BCUT2D eigenvalue weighted by atomic mass is 127. The fraction of sp³-hybridized carbons (Fsp3) is 0.833. The Bertz CT molecular complexity index is 372. The van der Waals surface area contributed by atoms with Crippen molar-refractivity contribution >= 4 is 29.9 Å². The molecule has 1 saturated heterocycles. The van der Waals surface area contributed by atoms with Crippen LogP contribution < -0.4 is 10.6 Å². The molecule has 1 heterocycles. The van der Waals surface area contributed by atoms with E-state index in [-0.39, 0.29) is 24.0 Å². The van der Waals surface area contributed by atoms with Gasteiger partial charge < -0.3 is 20.5 Å². The summed E-state index contributed by atoms with van der Waals surface area (Å²) in [6.07, 6.45) is 3.59. The maximum absolute atomic E-state index is 9.98. The lowest BCUT2D eigenvalue weighted by atomic mass is 10.1. The molecule has 0 aliphatic carbocycles. The zero-order chi connectivity index (χ0) is 17.8. The maximum Gasteiger partial charge on any atom is 0.191 e. The summed E-state index contributed by atoms with van der Waals surface area (Å²) < 4.78 is 5.46. The molecule has 0 aromatic carbocycles. The predicted octanol–water partition coefficient (Wildman–Crippen LogP) is 1.84. The molecular weight excluding hydrogens is 431 g/mol. The number of guanidine groups is 1. The van der Waals surface area contributed by atoms with E-state index in [2.05, 4.69) is 41.0 Å². The van der Waals surface area contributed by atoms with E-state index >= 15 is 0 Å². The van der Waals surface area contributed by atoms with Gasteiger partial charge in [-0.3, -0.25) is 9.89 Å². The highest BCUT2D eigenvalue weighted by Gasteiger charge is 2.19. The number of likely N-dealkylation sites (tertiary alicyclic amines) is 1. The minimum Gasteiger partial charge on any atom is -0.389 e. The van der Waals surface area contributed by atoms with Crippen molar-refractivity contribution in [1.29, 1.82) is 0 Å². The van der Waals surface area contributed by atoms with E-state index in [4.69, 9.17) is 4.74 Å². The van der Waals surface area contributed by atoms with Crippen molar-refractivity contribution in [2.24, 2.45) is 10.9 Å². The summed E-state index contributed by atoms with van der Waals surface area (Å²) in [5.74, 6) is 1.26. The van der Waals surface area contributed by atoms with Crippen LogP contribution in [-0.4, -0.2) is 74.0 Å². The predicted molar refractivity (Wildman–Crippen MR) is 116 cm³/mol. The largest absolute Gasteiger partial charge is 0.389 e.